The molecule has 5 heteroatoms. The molecule has 1 rings (SSSR count). The quantitative estimate of drug-likeness (QED) is 0.841. The molecule has 1 unspecified atom stereocenters. The minimum absolute atomic E-state index is 0.129. The van der Waals surface area contributed by atoms with Crippen molar-refractivity contribution in [2.24, 2.45) is 5.92 Å². The van der Waals surface area contributed by atoms with Gasteiger partial charge in [-0.15, -0.1) is 0 Å². The monoisotopic (exact) mass is 285 g/mol. The molecule has 1 N–H and O–H groups in total. The van der Waals surface area contributed by atoms with Crippen molar-refractivity contribution in [3.8, 4) is 0 Å². The van der Waals surface area contributed by atoms with E-state index in [9.17, 15) is 0 Å². The summed E-state index contributed by atoms with van der Waals surface area (Å²) in [5.74, 6) is 1.93. The van der Waals surface area contributed by atoms with Crippen LogP contribution in [0.4, 0.5) is 5.82 Å². The zero-order chi connectivity index (χ0) is 14.6. The number of anilines is 1. The van der Waals surface area contributed by atoms with Crippen molar-refractivity contribution in [2.75, 3.05) is 19.0 Å². The van der Waals surface area contributed by atoms with E-state index in [2.05, 4.69) is 49.9 Å². The highest BCUT2D eigenvalue weighted by molar-refractivity contribution is 6.29. The van der Waals surface area contributed by atoms with Crippen LogP contribution in [0.15, 0.2) is 6.07 Å². The van der Waals surface area contributed by atoms with Gasteiger partial charge in [0.2, 0.25) is 0 Å². The highest BCUT2D eigenvalue weighted by atomic mass is 35.5. The maximum absolute atomic E-state index is 6.07. The topological polar surface area (TPSA) is 47.0 Å². The van der Waals surface area contributed by atoms with Gasteiger partial charge in [-0.2, -0.15) is 0 Å². The third kappa shape index (κ3) is 4.96. The van der Waals surface area contributed by atoms with Crippen LogP contribution in [0.2, 0.25) is 5.15 Å². The van der Waals surface area contributed by atoms with E-state index in [1.807, 2.05) is 0 Å². The van der Waals surface area contributed by atoms with Gasteiger partial charge in [-0.05, 0) is 5.92 Å². The first-order valence-electron chi connectivity index (χ1n) is 6.54. The summed E-state index contributed by atoms with van der Waals surface area (Å²) >= 11 is 6.07. The zero-order valence-corrected chi connectivity index (χ0v) is 13.4. The van der Waals surface area contributed by atoms with Crippen LogP contribution in [-0.4, -0.2) is 29.7 Å². The van der Waals surface area contributed by atoms with Crippen molar-refractivity contribution in [2.45, 2.75) is 46.1 Å². The number of nitrogens with one attached hydrogen (secondary N) is 1. The predicted octanol–water partition coefficient (Wildman–Crippen LogP) is 3.51. The van der Waals surface area contributed by atoms with Crippen molar-refractivity contribution in [3.05, 3.63) is 17.0 Å². The Morgan fingerprint density at radius 2 is 1.95 bits per heavy atom. The normalized spacial score (nSPS) is 13.7. The fourth-order valence-electron chi connectivity index (χ4n) is 1.60. The molecule has 0 aliphatic rings. The maximum atomic E-state index is 6.07. The number of rotatable bonds is 5. The number of hydrogen-bond acceptors (Lipinski definition) is 4. The Morgan fingerprint density at radius 3 is 2.42 bits per heavy atom. The lowest BCUT2D eigenvalue weighted by Gasteiger charge is -2.23. The largest absolute Gasteiger partial charge is 0.383 e. The lowest BCUT2D eigenvalue weighted by atomic mass is 9.96. The van der Waals surface area contributed by atoms with Crippen LogP contribution in [-0.2, 0) is 10.2 Å². The molecule has 0 spiro atoms. The summed E-state index contributed by atoms with van der Waals surface area (Å²) in [6.45, 7) is 11.1. The van der Waals surface area contributed by atoms with Crippen LogP contribution < -0.4 is 5.32 Å². The van der Waals surface area contributed by atoms with E-state index in [0.717, 1.165) is 11.6 Å². The van der Waals surface area contributed by atoms with Gasteiger partial charge in [0.05, 0.1) is 12.6 Å². The summed E-state index contributed by atoms with van der Waals surface area (Å²) in [6.07, 6.45) is 0. The standard InChI is InChI=1S/C14H24ClN3O/c1-9(2)10(8-19-6)16-12-7-11(15)17-13(18-12)14(3,4)5/h7,9-10H,8H2,1-6H3,(H,16,17,18). The second-order valence-corrected chi connectivity index (χ2v) is 6.49. The van der Waals surface area contributed by atoms with Gasteiger partial charge in [0.25, 0.3) is 0 Å². The highest BCUT2D eigenvalue weighted by Crippen LogP contribution is 2.23. The molecule has 1 heterocycles. The number of halogens is 1. The summed E-state index contributed by atoms with van der Waals surface area (Å²) in [5, 5.41) is 3.83. The molecule has 1 aromatic rings. The lowest BCUT2D eigenvalue weighted by molar-refractivity contribution is 0.171. The second-order valence-electron chi connectivity index (χ2n) is 6.10. The SMILES string of the molecule is COCC(Nc1cc(Cl)nc(C(C)(C)C)n1)C(C)C. The van der Waals surface area contributed by atoms with Crippen LogP contribution in [0.5, 0.6) is 0 Å². The van der Waals surface area contributed by atoms with Gasteiger partial charge in [0, 0.05) is 18.6 Å². The maximum Gasteiger partial charge on any atom is 0.137 e. The second kappa shape index (κ2) is 6.53. The molecule has 0 aliphatic heterocycles. The van der Waals surface area contributed by atoms with E-state index >= 15 is 0 Å². The molecular formula is C14H24ClN3O. The van der Waals surface area contributed by atoms with E-state index in [-0.39, 0.29) is 11.5 Å². The van der Waals surface area contributed by atoms with Gasteiger partial charge in [-0.25, -0.2) is 9.97 Å². The van der Waals surface area contributed by atoms with Crippen molar-refractivity contribution >= 4 is 17.4 Å². The highest BCUT2D eigenvalue weighted by Gasteiger charge is 2.20. The first kappa shape index (κ1) is 16.2. The first-order chi connectivity index (χ1) is 8.74. The molecule has 0 aliphatic carbocycles. The molecule has 1 aromatic heterocycles. The Hall–Kier alpha value is -0.870. The molecule has 4 nitrogen and oxygen atoms in total. The Bertz CT molecular complexity index is 416. The smallest absolute Gasteiger partial charge is 0.137 e. The van der Waals surface area contributed by atoms with E-state index in [1.165, 1.54) is 0 Å². The van der Waals surface area contributed by atoms with Crippen molar-refractivity contribution < 1.29 is 4.74 Å². The summed E-state index contributed by atoms with van der Waals surface area (Å²) in [4.78, 5) is 8.83. The van der Waals surface area contributed by atoms with Crippen LogP contribution in [0.1, 0.15) is 40.4 Å². The lowest BCUT2D eigenvalue weighted by Crippen LogP contribution is -2.31. The molecule has 0 aromatic carbocycles. The molecular weight excluding hydrogens is 262 g/mol. The number of nitrogens with zero attached hydrogens (tertiary/aromatic N) is 2. The van der Waals surface area contributed by atoms with Crippen LogP contribution in [0, 0.1) is 5.92 Å². The van der Waals surface area contributed by atoms with E-state index < -0.39 is 0 Å². The van der Waals surface area contributed by atoms with Gasteiger partial charge < -0.3 is 10.1 Å². The molecule has 0 amide bonds. The summed E-state index contributed by atoms with van der Waals surface area (Å²) in [7, 11) is 1.70. The van der Waals surface area contributed by atoms with Crippen LogP contribution >= 0.6 is 11.6 Å². The molecule has 108 valence electrons. The Kier molecular flexibility index (Phi) is 5.56. The minimum Gasteiger partial charge on any atom is -0.383 e. The predicted molar refractivity (Wildman–Crippen MR) is 79.9 cm³/mol. The van der Waals surface area contributed by atoms with E-state index in [0.29, 0.717) is 17.7 Å². The van der Waals surface area contributed by atoms with E-state index in [4.69, 9.17) is 16.3 Å². The van der Waals surface area contributed by atoms with Gasteiger partial charge in [0.1, 0.15) is 16.8 Å². The van der Waals surface area contributed by atoms with Crippen LogP contribution in [0.25, 0.3) is 0 Å². The minimum atomic E-state index is -0.129. The average molecular weight is 286 g/mol. The Morgan fingerprint density at radius 1 is 1.32 bits per heavy atom. The first-order valence-corrected chi connectivity index (χ1v) is 6.92. The average Bonchev–Trinajstić information content (AvgIpc) is 2.26. The number of hydrogen-bond donors (Lipinski definition) is 1. The molecule has 0 saturated heterocycles. The number of methoxy groups -OCH3 is 1. The fraction of sp³-hybridized carbons (Fsp3) is 0.714. The fourth-order valence-corrected chi connectivity index (χ4v) is 1.78. The van der Waals surface area contributed by atoms with Crippen molar-refractivity contribution in [3.63, 3.8) is 0 Å². The molecule has 19 heavy (non-hydrogen) atoms. The zero-order valence-electron chi connectivity index (χ0n) is 12.6. The molecule has 0 saturated carbocycles. The van der Waals surface area contributed by atoms with E-state index in [1.54, 1.807) is 13.2 Å². The van der Waals surface area contributed by atoms with Gasteiger partial charge in [0.15, 0.2) is 0 Å². The third-order valence-electron chi connectivity index (χ3n) is 2.85. The summed E-state index contributed by atoms with van der Waals surface area (Å²) in [5.41, 5.74) is -0.129. The molecule has 0 radical (unpaired) electrons. The summed E-state index contributed by atoms with van der Waals surface area (Å²) in [6, 6.07) is 1.95. The van der Waals surface area contributed by atoms with Gasteiger partial charge in [-0.1, -0.05) is 46.2 Å². The van der Waals surface area contributed by atoms with Crippen molar-refractivity contribution in [1.29, 1.82) is 0 Å². The number of ether oxygens (including phenoxy) is 1. The number of aromatic nitrogens is 2. The van der Waals surface area contributed by atoms with Gasteiger partial charge >= 0.3 is 0 Å². The van der Waals surface area contributed by atoms with Gasteiger partial charge in [-0.3, -0.25) is 0 Å². The Balaban J connectivity index is 2.97. The van der Waals surface area contributed by atoms with Crippen LogP contribution in [0.3, 0.4) is 0 Å². The third-order valence-corrected chi connectivity index (χ3v) is 3.04. The molecule has 0 bridgehead atoms. The molecule has 1 atom stereocenters. The Labute approximate surface area is 120 Å². The van der Waals surface area contributed by atoms with Crippen molar-refractivity contribution in [1.82, 2.24) is 9.97 Å². The molecule has 0 fully saturated rings. The summed E-state index contributed by atoms with van der Waals surface area (Å²) < 4.78 is 5.23.